The lowest BCUT2D eigenvalue weighted by Crippen LogP contribution is -2.31. The van der Waals surface area contributed by atoms with Gasteiger partial charge < -0.3 is 19.9 Å². The minimum absolute atomic E-state index is 0.152. The third-order valence-electron chi connectivity index (χ3n) is 3.41. The van der Waals surface area contributed by atoms with Crippen molar-refractivity contribution in [3.8, 4) is 17.6 Å². The maximum Gasteiger partial charge on any atom is 0.347 e. The summed E-state index contributed by atoms with van der Waals surface area (Å²) in [6, 6.07) is 6.17. The Hall–Kier alpha value is -3.12. The summed E-state index contributed by atoms with van der Waals surface area (Å²) in [5.74, 6) is -0.742. The fourth-order valence-corrected chi connectivity index (χ4v) is 3.05. The van der Waals surface area contributed by atoms with E-state index in [-0.39, 0.29) is 11.5 Å². The second-order valence-corrected chi connectivity index (χ2v) is 6.36. The number of amides is 1. The molecule has 0 saturated heterocycles. The van der Waals surface area contributed by atoms with Gasteiger partial charge >= 0.3 is 5.97 Å². The van der Waals surface area contributed by atoms with Gasteiger partial charge in [0.2, 0.25) is 0 Å². The van der Waals surface area contributed by atoms with Crippen molar-refractivity contribution in [2.24, 2.45) is 0 Å². The number of carboxylic acid groups (broad SMARTS) is 1. The van der Waals surface area contributed by atoms with Crippen LogP contribution in [0.15, 0.2) is 18.2 Å². The second-order valence-electron chi connectivity index (χ2n) is 5.33. The first-order chi connectivity index (χ1) is 12.3. The molecule has 0 radical (unpaired) electrons. The highest BCUT2D eigenvalue weighted by molar-refractivity contribution is 7.13. The summed E-state index contributed by atoms with van der Waals surface area (Å²) >= 11 is 1.03. The number of aryl methyl sites for hydroxylation is 1. The molecule has 0 fully saturated rings. The lowest BCUT2D eigenvalue weighted by Gasteiger charge is -2.13. The van der Waals surface area contributed by atoms with Crippen molar-refractivity contribution in [1.29, 1.82) is 5.26 Å². The summed E-state index contributed by atoms with van der Waals surface area (Å²) < 4.78 is 10.6. The third-order valence-corrected chi connectivity index (χ3v) is 4.73. The van der Waals surface area contributed by atoms with Gasteiger partial charge in [-0.25, -0.2) is 9.78 Å². The molecule has 1 unspecified atom stereocenters. The predicted molar refractivity (Wildman–Crippen MR) is 93.6 cm³/mol. The zero-order valence-corrected chi connectivity index (χ0v) is 15.2. The number of aromatic nitrogens is 1. The first-order valence-electron chi connectivity index (χ1n) is 7.56. The zero-order chi connectivity index (χ0) is 19.3. The maximum absolute atomic E-state index is 12.1. The Morgan fingerprint density at radius 1 is 1.42 bits per heavy atom. The Bertz CT molecular complexity index is 872. The molecule has 0 aliphatic heterocycles. The number of nitrogens with zero attached hydrogens (tertiary/aromatic N) is 2. The molecular formula is C17H17N3O5S. The van der Waals surface area contributed by atoms with E-state index >= 15 is 0 Å². The first-order valence-corrected chi connectivity index (χ1v) is 8.38. The van der Waals surface area contributed by atoms with Gasteiger partial charge in [-0.05, 0) is 26.0 Å². The van der Waals surface area contributed by atoms with Crippen molar-refractivity contribution in [3.05, 3.63) is 39.3 Å². The van der Waals surface area contributed by atoms with Crippen LogP contribution < -0.4 is 14.8 Å². The number of carboxylic acids is 1. The third kappa shape index (κ3) is 4.49. The van der Waals surface area contributed by atoms with Crippen molar-refractivity contribution >= 4 is 23.2 Å². The van der Waals surface area contributed by atoms with Crippen LogP contribution in [0.4, 0.5) is 0 Å². The van der Waals surface area contributed by atoms with Crippen molar-refractivity contribution in [3.63, 3.8) is 0 Å². The van der Waals surface area contributed by atoms with Crippen molar-refractivity contribution in [2.75, 3.05) is 13.7 Å². The van der Waals surface area contributed by atoms with Gasteiger partial charge in [0.15, 0.2) is 18.1 Å². The molecule has 1 amide bonds. The van der Waals surface area contributed by atoms with Gasteiger partial charge in [0.25, 0.3) is 5.91 Å². The zero-order valence-electron chi connectivity index (χ0n) is 14.4. The van der Waals surface area contributed by atoms with Gasteiger partial charge in [-0.15, -0.1) is 11.3 Å². The van der Waals surface area contributed by atoms with Gasteiger partial charge in [-0.1, -0.05) is 0 Å². The van der Waals surface area contributed by atoms with Crippen LogP contribution in [0, 0.1) is 18.3 Å². The van der Waals surface area contributed by atoms with Crippen molar-refractivity contribution < 1.29 is 24.2 Å². The smallest absolute Gasteiger partial charge is 0.347 e. The highest BCUT2D eigenvalue weighted by atomic mass is 32.1. The molecule has 26 heavy (non-hydrogen) atoms. The molecule has 0 saturated carbocycles. The van der Waals surface area contributed by atoms with E-state index in [1.54, 1.807) is 26.0 Å². The fourth-order valence-electron chi connectivity index (χ4n) is 2.15. The SMILES string of the molecule is COc1cc(C#N)ccc1OCC(=O)NC(C)c1nc(C)c(C(=O)O)s1. The van der Waals surface area contributed by atoms with E-state index in [0.29, 0.717) is 27.8 Å². The molecule has 1 aromatic heterocycles. The van der Waals surface area contributed by atoms with Gasteiger partial charge in [0.05, 0.1) is 30.5 Å². The molecule has 0 aliphatic carbocycles. The Kier molecular flexibility index (Phi) is 6.14. The minimum atomic E-state index is -1.04. The molecule has 0 spiro atoms. The monoisotopic (exact) mass is 375 g/mol. The Morgan fingerprint density at radius 3 is 2.73 bits per heavy atom. The largest absolute Gasteiger partial charge is 0.493 e. The van der Waals surface area contributed by atoms with E-state index in [2.05, 4.69) is 10.3 Å². The van der Waals surface area contributed by atoms with Crippen LogP contribution in [0.3, 0.4) is 0 Å². The summed E-state index contributed by atoms with van der Waals surface area (Å²) in [6.45, 7) is 3.06. The summed E-state index contributed by atoms with van der Waals surface area (Å²) in [7, 11) is 1.44. The molecule has 1 aromatic carbocycles. The van der Waals surface area contributed by atoms with E-state index in [0.717, 1.165) is 11.3 Å². The van der Waals surface area contributed by atoms with Gasteiger partial charge in [0.1, 0.15) is 9.88 Å². The number of benzene rings is 1. The molecular weight excluding hydrogens is 358 g/mol. The lowest BCUT2D eigenvalue weighted by molar-refractivity contribution is -0.123. The average molecular weight is 375 g/mol. The maximum atomic E-state index is 12.1. The number of carbonyl (C=O) groups is 2. The molecule has 136 valence electrons. The summed E-state index contributed by atoms with van der Waals surface area (Å²) in [5.41, 5.74) is 0.831. The number of nitrogens with one attached hydrogen (secondary N) is 1. The van der Waals surface area contributed by atoms with E-state index in [4.69, 9.17) is 19.8 Å². The highest BCUT2D eigenvalue weighted by Crippen LogP contribution is 2.28. The van der Waals surface area contributed by atoms with Gasteiger partial charge in [-0.3, -0.25) is 4.79 Å². The van der Waals surface area contributed by atoms with Crippen LogP contribution in [0.5, 0.6) is 11.5 Å². The number of methoxy groups -OCH3 is 1. The van der Waals surface area contributed by atoms with Crippen LogP contribution in [0.25, 0.3) is 0 Å². The standard InChI is InChI=1S/C17H17N3O5S/c1-9-15(17(22)23)26-16(20-9)10(2)19-14(21)8-25-12-5-4-11(7-18)6-13(12)24-3/h4-6,10H,8H2,1-3H3,(H,19,21)(H,22,23). The van der Waals surface area contributed by atoms with Crippen LogP contribution in [-0.2, 0) is 4.79 Å². The summed E-state index contributed by atoms with van der Waals surface area (Å²) in [6.07, 6.45) is 0. The molecule has 8 nitrogen and oxygen atoms in total. The molecule has 0 aliphatic rings. The number of hydrogen-bond acceptors (Lipinski definition) is 7. The summed E-state index contributed by atoms with van der Waals surface area (Å²) in [5, 5.41) is 21.2. The number of thiazole rings is 1. The second kappa shape index (κ2) is 8.31. The average Bonchev–Trinajstić information content (AvgIpc) is 3.02. The number of nitriles is 1. The molecule has 2 rings (SSSR count). The van der Waals surface area contributed by atoms with Gasteiger partial charge in [0, 0.05) is 6.07 Å². The fraction of sp³-hybridized carbons (Fsp3) is 0.294. The number of hydrogen-bond donors (Lipinski definition) is 2. The Morgan fingerprint density at radius 2 is 2.15 bits per heavy atom. The molecule has 1 atom stereocenters. The van der Waals surface area contributed by atoms with E-state index in [1.807, 2.05) is 6.07 Å². The Labute approximate surface area is 154 Å². The van der Waals surface area contributed by atoms with Crippen molar-refractivity contribution in [1.82, 2.24) is 10.3 Å². The quantitative estimate of drug-likeness (QED) is 0.761. The van der Waals surface area contributed by atoms with Crippen LogP contribution in [-0.4, -0.2) is 35.7 Å². The lowest BCUT2D eigenvalue weighted by atomic mass is 10.2. The number of rotatable bonds is 7. The van der Waals surface area contributed by atoms with Crippen LogP contribution in [0.1, 0.15) is 38.9 Å². The molecule has 9 heteroatoms. The van der Waals surface area contributed by atoms with Crippen LogP contribution >= 0.6 is 11.3 Å². The highest BCUT2D eigenvalue weighted by Gasteiger charge is 2.19. The van der Waals surface area contributed by atoms with E-state index in [9.17, 15) is 9.59 Å². The number of ether oxygens (including phenoxy) is 2. The molecule has 0 bridgehead atoms. The first kappa shape index (κ1) is 19.2. The minimum Gasteiger partial charge on any atom is -0.493 e. The van der Waals surface area contributed by atoms with Gasteiger partial charge in [-0.2, -0.15) is 5.26 Å². The number of carbonyl (C=O) groups excluding carboxylic acids is 1. The Balaban J connectivity index is 1.98. The number of aromatic carboxylic acids is 1. The van der Waals surface area contributed by atoms with Crippen molar-refractivity contribution in [2.45, 2.75) is 19.9 Å². The van der Waals surface area contributed by atoms with E-state index < -0.39 is 17.9 Å². The van der Waals surface area contributed by atoms with E-state index in [1.165, 1.54) is 13.2 Å². The summed E-state index contributed by atoms with van der Waals surface area (Å²) in [4.78, 5) is 27.5. The van der Waals surface area contributed by atoms with Crippen LogP contribution in [0.2, 0.25) is 0 Å². The topological polar surface area (TPSA) is 122 Å². The molecule has 2 N–H and O–H groups in total. The molecule has 1 heterocycles. The molecule has 2 aromatic rings. The normalized spacial score (nSPS) is 11.3. The predicted octanol–water partition coefficient (Wildman–Crippen LogP) is 2.29.